The molecule has 0 unspecified atom stereocenters. The van der Waals surface area contributed by atoms with Gasteiger partial charge in [0.15, 0.2) is 0 Å². The first-order chi connectivity index (χ1) is 13.0. The number of rotatable bonds is 3. The molecule has 0 amide bonds. The van der Waals surface area contributed by atoms with E-state index in [2.05, 4.69) is 0 Å². The maximum absolute atomic E-state index is 12.2. The van der Waals surface area contributed by atoms with Crippen LogP contribution in [0.25, 0.3) is 10.8 Å². The molecule has 0 fully saturated rings. The Morgan fingerprint density at radius 3 is 1.56 bits per heavy atom. The Kier molecular flexibility index (Phi) is 4.21. The normalized spacial score (nSPS) is 11.7. The van der Waals surface area contributed by atoms with E-state index < -0.39 is 5.60 Å². The molecule has 2 heteroatoms. The first kappa shape index (κ1) is 17.3. The molecule has 0 saturated carbocycles. The molecule has 2 N–H and O–H groups in total. The minimum absolute atomic E-state index is 0.0858. The second-order valence-corrected chi connectivity index (χ2v) is 7.06. The summed E-state index contributed by atoms with van der Waals surface area (Å²) in [6, 6.07) is 27.0. The molecule has 4 rings (SSSR count). The number of phenols is 1. The quantitative estimate of drug-likeness (QED) is 0.481. The summed E-state index contributed by atoms with van der Waals surface area (Å²) in [5, 5.41) is 25.0. The molecule has 0 bridgehead atoms. The summed E-state index contributed by atoms with van der Waals surface area (Å²) in [6.07, 6.45) is 0. The highest BCUT2D eigenvalue weighted by Gasteiger charge is 2.38. The van der Waals surface area contributed by atoms with Crippen LogP contribution in [-0.2, 0) is 5.60 Å². The van der Waals surface area contributed by atoms with E-state index in [1.54, 1.807) is 6.07 Å². The smallest absolute Gasteiger partial charge is 0.144 e. The van der Waals surface area contributed by atoms with Crippen LogP contribution in [0.2, 0.25) is 0 Å². The number of aliphatic hydroxyl groups is 1. The number of aromatic hydroxyl groups is 1. The Morgan fingerprint density at radius 2 is 1.04 bits per heavy atom. The van der Waals surface area contributed by atoms with Gasteiger partial charge in [-0.2, -0.15) is 0 Å². The van der Waals surface area contributed by atoms with E-state index in [0.717, 1.165) is 33.0 Å². The van der Waals surface area contributed by atoms with Gasteiger partial charge in [0.2, 0.25) is 0 Å². The highest BCUT2D eigenvalue weighted by Crippen LogP contribution is 2.44. The molecule has 0 aliphatic rings. The number of fused-ring (bicyclic) bond motifs is 1. The molecule has 27 heavy (non-hydrogen) atoms. The molecule has 0 radical (unpaired) electrons. The molecular formula is C25H22O2. The Balaban J connectivity index is 2.10. The van der Waals surface area contributed by atoms with Crippen molar-refractivity contribution in [2.45, 2.75) is 19.4 Å². The fraction of sp³-hybridized carbons (Fsp3) is 0.120. The first-order valence-electron chi connectivity index (χ1n) is 9.08. The molecule has 0 aliphatic carbocycles. The minimum atomic E-state index is -1.45. The largest absolute Gasteiger partial charge is 0.508 e. The van der Waals surface area contributed by atoms with Gasteiger partial charge in [-0.05, 0) is 59.0 Å². The molecular weight excluding hydrogens is 332 g/mol. The average Bonchev–Trinajstić information content (AvgIpc) is 2.67. The molecule has 0 heterocycles. The second kappa shape index (κ2) is 6.57. The van der Waals surface area contributed by atoms with Gasteiger partial charge in [-0.1, -0.05) is 72.8 Å². The fourth-order valence-corrected chi connectivity index (χ4v) is 3.91. The summed E-state index contributed by atoms with van der Waals surface area (Å²) in [5.41, 5.74) is 2.51. The second-order valence-electron chi connectivity index (χ2n) is 7.06. The van der Waals surface area contributed by atoms with Crippen LogP contribution >= 0.6 is 0 Å². The lowest BCUT2D eigenvalue weighted by molar-refractivity contribution is 0.121. The van der Waals surface area contributed by atoms with Crippen molar-refractivity contribution in [3.05, 3.63) is 113 Å². The third kappa shape index (κ3) is 2.79. The SMILES string of the molecule is Cc1ccccc1C(O)(c1ccccc1C)c1cc2ccccc2cc1O. The summed E-state index contributed by atoms with van der Waals surface area (Å²) in [5.74, 6) is 0.0858. The van der Waals surface area contributed by atoms with Crippen molar-refractivity contribution in [2.75, 3.05) is 0 Å². The van der Waals surface area contributed by atoms with Gasteiger partial charge in [0.1, 0.15) is 11.4 Å². The molecule has 0 aromatic heterocycles. The monoisotopic (exact) mass is 354 g/mol. The van der Waals surface area contributed by atoms with Crippen molar-refractivity contribution in [1.29, 1.82) is 0 Å². The molecule has 0 atom stereocenters. The molecule has 4 aromatic rings. The zero-order chi connectivity index (χ0) is 19.0. The van der Waals surface area contributed by atoms with Crippen LogP contribution in [0.5, 0.6) is 5.75 Å². The van der Waals surface area contributed by atoms with E-state index in [1.807, 2.05) is 92.7 Å². The zero-order valence-electron chi connectivity index (χ0n) is 15.5. The Bertz CT molecular complexity index is 1080. The first-order valence-corrected chi connectivity index (χ1v) is 9.08. The average molecular weight is 354 g/mol. The van der Waals surface area contributed by atoms with Gasteiger partial charge in [-0.15, -0.1) is 0 Å². The van der Waals surface area contributed by atoms with Gasteiger partial charge in [-0.3, -0.25) is 0 Å². The van der Waals surface area contributed by atoms with Crippen LogP contribution < -0.4 is 0 Å². The Labute approximate surface area is 159 Å². The number of hydrogen-bond donors (Lipinski definition) is 2. The molecule has 134 valence electrons. The number of phenolic OH excluding ortho intramolecular Hbond substituents is 1. The van der Waals surface area contributed by atoms with Crippen molar-refractivity contribution in [3.63, 3.8) is 0 Å². The maximum atomic E-state index is 12.2. The van der Waals surface area contributed by atoms with E-state index in [9.17, 15) is 10.2 Å². The lowest BCUT2D eigenvalue weighted by atomic mass is 9.76. The maximum Gasteiger partial charge on any atom is 0.144 e. The van der Waals surface area contributed by atoms with Gasteiger partial charge in [0, 0.05) is 5.56 Å². The van der Waals surface area contributed by atoms with Crippen molar-refractivity contribution >= 4 is 10.8 Å². The number of aryl methyl sites for hydroxylation is 2. The van der Waals surface area contributed by atoms with E-state index in [-0.39, 0.29) is 5.75 Å². The van der Waals surface area contributed by atoms with Crippen molar-refractivity contribution in [3.8, 4) is 5.75 Å². The summed E-state index contributed by atoms with van der Waals surface area (Å²) >= 11 is 0. The van der Waals surface area contributed by atoms with Crippen LogP contribution in [0.3, 0.4) is 0 Å². The Morgan fingerprint density at radius 1 is 0.593 bits per heavy atom. The highest BCUT2D eigenvalue weighted by molar-refractivity contribution is 5.85. The minimum Gasteiger partial charge on any atom is -0.508 e. The van der Waals surface area contributed by atoms with E-state index in [1.165, 1.54) is 0 Å². The predicted octanol–water partition coefficient (Wildman–Crippen LogP) is 5.45. The fourth-order valence-electron chi connectivity index (χ4n) is 3.91. The topological polar surface area (TPSA) is 40.5 Å². The lowest BCUT2D eigenvalue weighted by Gasteiger charge is -2.33. The van der Waals surface area contributed by atoms with Crippen molar-refractivity contribution in [2.24, 2.45) is 0 Å². The van der Waals surface area contributed by atoms with Gasteiger partial charge >= 0.3 is 0 Å². The number of benzene rings is 4. The Hall–Kier alpha value is -3.10. The van der Waals surface area contributed by atoms with Crippen molar-refractivity contribution < 1.29 is 10.2 Å². The van der Waals surface area contributed by atoms with Gasteiger partial charge in [0.25, 0.3) is 0 Å². The molecule has 0 spiro atoms. The van der Waals surface area contributed by atoms with Crippen LogP contribution in [0.4, 0.5) is 0 Å². The van der Waals surface area contributed by atoms with E-state index in [0.29, 0.717) is 5.56 Å². The molecule has 4 aromatic carbocycles. The highest BCUT2D eigenvalue weighted by atomic mass is 16.3. The third-order valence-corrected chi connectivity index (χ3v) is 5.32. The summed E-state index contributed by atoms with van der Waals surface area (Å²) in [4.78, 5) is 0. The van der Waals surface area contributed by atoms with E-state index >= 15 is 0 Å². The molecule has 0 aliphatic heterocycles. The zero-order valence-corrected chi connectivity index (χ0v) is 15.5. The molecule has 0 saturated heterocycles. The van der Waals surface area contributed by atoms with Gasteiger partial charge in [0.05, 0.1) is 0 Å². The van der Waals surface area contributed by atoms with Gasteiger partial charge < -0.3 is 10.2 Å². The van der Waals surface area contributed by atoms with Crippen LogP contribution in [0.1, 0.15) is 27.8 Å². The van der Waals surface area contributed by atoms with Crippen molar-refractivity contribution in [1.82, 2.24) is 0 Å². The summed E-state index contributed by atoms with van der Waals surface area (Å²) < 4.78 is 0. The third-order valence-electron chi connectivity index (χ3n) is 5.32. The summed E-state index contributed by atoms with van der Waals surface area (Å²) in [7, 11) is 0. The van der Waals surface area contributed by atoms with Crippen LogP contribution in [0.15, 0.2) is 84.9 Å². The number of hydrogen-bond acceptors (Lipinski definition) is 2. The van der Waals surface area contributed by atoms with Crippen LogP contribution in [0, 0.1) is 13.8 Å². The lowest BCUT2D eigenvalue weighted by Crippen LogP contribution is -2.31. The molecule has 2 nitrogen and oxygen atoms in total. The predicted molar refractivity (Wildman–Crippen MR) is 110 cm³/mol. The van der Waals surface area contributed by atoms with Crippen LogP contribution in [-0.4, -0.2) is 10.2 Å². The van der Waals surface area contributed by atoms with E-state index in [4.69, 9.17) is 0 Å². The standard InChI is InChI=1S/C25H22O2/c1-17-9-3-7-13-21(17)25(27,22-14-8-4-10-18(22)2)23-15-19-11-5-6-12-20(19)16-24(23)26/h3-16,26-27H,1-2H3. The van der Waals surface area contributed by atoms with Gasteiger partial charge in [-0.25, -0.2) is 0 Å². The summed E-state index contributed by atoms with van der Waals surface area (Å²) in [6.45, 7) is 3.97.